The fourth-order valence-electron chi connectivity index (χ4n) is 1.97. The average Bonchev–Trinajstić information content (AvgIpc) is 2.29. The second-order valence-corrected chi connectivity index (χ2v) is 3.51. The third kappa shape index (κ3) is 1.08. The summed E-state index contributed by atoms with van der Waals surface area (Å²) in [6.07, 6.45) is 1.04. The zero-order valence-electron chi connectivity index (χ0n) is 7.79. The van der Waals surface area contributed by atoms with E-state index in [1.807, 2.05) is 6.07 Å². The molecule has 0 spiro atoms. The van der Waals surface area contributed by atoms with Crippen LogP contribution in [-0.2, 0) is 6.42 Å². The standard InChI is InChI=1S/C12H11NO/c1-2-4-10-9(3-1)5-6-12-11(10)7-8-13-14-12/h1-6,13H,7-8H2. The lowest BCUT2D eigenvalue weighted by atomic mass is 10.0. The molecule has 0 radical (unpaired) electrons. The molecule has 0 amide bonds. The first-order valence-corrected chi connectivity index (χ1v) is 4.85. The van der Waals surface area contributed by atoms with Crippen molar-refractivity contribution < 1.29 is 4.84 Å². The normalized spacial score (nSPS) is 14.9. The summed E-state index contributed by atoms with van der Waals surface area (Å²) in [5, 5.41) is 2.60. The van der Waals surface area contributed by atoms with E-state index in [-0.39, 0.29) is 0 Å². The Balaban J connectivity index is 2.34. The third-order valence-corrected chi connectivity index (χ3v) is 2.66. The molecule has 1 heterocycles. The lowest BCUT2D eigenvalue weighted by molar-refractivity contribution is 0.180. The van der Waals surface area contributed by atoms with Gasteiger partial charge in [0.1, 0.15) is 0 Å². The zero-order valence-corrected chi connectivity index (χ0v) is 7.79. The van der Waals surface area contributed by atoms with Crippen molar-refractivity contribution in [3.63, 3.8) is 0 Å². The van der Waals surface area contributed by atoms with Gasteiger partial charge in [-0.05, 0) is 23.3 Å². The molecule has 2 aromatic carbocycles. The van der Waals surface area contributed by atoms with Crippen LogP contribution in [0.25, 0.3) is 10.8 Å². The maximum atomic E-state index is 5.38. The van der Waals surface area contributed by atoms with Crippen molar-refractivity contribution in [3.05, 3.63) is 42.0 Å². The number of hydrogen-bond donors (Lipinski definition) is 1. The molecular formula is C12H11NO. The molecule has 0 fully saturated rings. The van der Waals surface area contributed by atoms with Crippen LogP contribution in [0, 0.1) is 0 Å². The fraction of sp³-hybridized carbons (Fsp3) is 0.167. The number of hydrogen-bond acceptors (Lipinski definition) is 2. The predicted molar refractivity (Wildman–Crippen MR) is 56.3 cm³/mol. The van der Waals surface area contributed by atoms with Gasteiger partial charge in [-0.2, -0.15) is 5.48 Å². The van der Waals surface area contributed by atoms with Crippen molar-refractivity contribution in [1.29, 1.82) is 0 Å². The Morgan fingerprint density at radius 1 is 1.07 bits per heavy atom. The van der Waals surface area contributed by atoms with Gasteiger partial charge >= 0.3 is 0 Å². The van der Waals surface area contributed by atoms with Crippen LogP contribution in [0.1, 0.15) is 5.56 Å². The van der Waals surface area contributed by atoms with Gasteiger partial charge in [-0.15, -0.1) is 0 Å². The van der Waals surface area contributed by atoms with Gasteiger partial charge in [0.25, 0.3) is 0 Å². The molecule has 70 valence electrons. The van der Waals surface area contributed by atoms with Gasteiger partial charge in [-0.3, -0.25) is 0 Å². The molecule has 1 aliphatic rings. The van der Waals surface area contributed by atoms with Gasteiger partial charge in [-0.25, -0.2) is 0 Å². The Bertz CT molecular complexity index is 479. The highest BCUT2D eigenvalue weighted by molar-refractivity contribution is 5.87. The van der Waals surface area contributed by atoms with Crippen LogP contribution in [-0.4, -0.2) is 6.54 Å². The molecule has 2 heteroatoms. The summed E-state index contributed by atoms with van der Waals surface area (Å²) in [4.78, 5) is 5.38. The third-order valence-electron chi connectivity index (χ3n) is 2.66. The zero-order chi connectivity index (χ0) is 9.38. The molecule has 0 aromatic heterocycles. The molecule has 0 saturated heterocycles. The number of benzene rings is 2. The van der Waals surface area contributed by atoms with Gasteiger partial charge in [0.05, 0.1) is 0 Å². The molecule has 2 aromatic rings. The quantitative estimate of drug-likeness (QED) is 0.679. The highest BCUT2D eigenvalue weighted by atomic mass is 16.6. The van der Waals surface area contributed by atoms with Gasteiger partial charge in [-0.1, -0.05) is 30.3 Å². The van der Waals surface area contributed by atoms with Crippen LogP contribution in [0.2, 0.25) is 0 Å². The van der Waals surface area contributed by atoms with Crippen molar-refractivity contribution in [3.8, 4) is 5.75 Å². The van der Waals surface area contributed by atoms with Crippen molar-refractivity contribution in [2.75, 3.05) is 6.54 Å². The minimum Gasteiger partial charge on any atom is -0.408 e. The van der Waals surface area contributed by atoms with Gasteiger partial charge in [0.15, 0.2) is 5.75 Å². The molecule has 0 atom stereocenters. The van der Waals surface area contributed by atoms with Gasteiger partial charge < -0.3 is 4.84 Å². The highest BCUT2D eigenvalue weighted by Crippen LogP contribution is 2.29. The Hall–Kier alpha value is -1.54. The SMILES string of the molecule is c1ccc2c3c(ccc2c1)ONCC3. The molecule has 1 N–H and O–H groups in total. The molecule has 14 heavy (non-hydrogen) atoms. The van der Waals surface area contributed by atoms with Crippen LogP contribution >= 0.6 is 0 Å². The molecular weight excluding hydrogens is 174 g/mol. The van der Waals surface area contributed by atoms with E-state index in [0.29, 0.717) is 0 Å². The summed E-state index contributed by atoms with van der Waals surface area (Å²) in [5.41, 5.74) is 4.23. The Morgan fingerprint density at radius 2 is 2.00 bits per heavy atom. The fourth-order valence-corrected chi connectivity index (χ4v) is 1.97. The first-order valence-electron chi connectivity index (χ1n) is 4.85. The molecule has 0 unspecified atom stereocenters. The summed E-state index contributed by atoms with van der Waals surface area (Å²) in [5.74, 6) is 0.968. The van der Waals surface area contributed by atoms with E-state index in [0.717, 1.165) is 18.7 Å². The van der Waals surface area contributed by atoms with Crippen LogP contribution in [0.4, 0.5) is 0 Å². The van der Waals surface area contributed by atoms with E-state index >= 15 is 0 Å². The summed E-state index contributed by atoms with van der Waals surface area (Å²) >= 11 is 0. The molecule has 1 aliphatic heterocycles. The maximum Gasteiger partial charge on any atom is 0.151 e. The maximum absolute atomic E-state index is 5.38. The first kappa shape index (κ1) is 7.83. The summed E-state index contributed by atoms with van der Waals surface area (Å²) in [6.45, 7) is 0.890. The van der Waals surface area contributed by atoms with Crippen LogP contribution in [0.3, 0.4) is 0 Å². The van der Waals surface area contributed by atoms with E-state index in [1.165, 1.54) is 16.3 Å². The predicted octanol–water partition coefficient (Wildman–Crippen LogP) is 2.28. The molecule has 2 nitrogen and oxygen atoms in total. The topological polar surface area (TPSA) is 21.3 Å². The molecule has 3 rings (SSSR count). The van der Waals surface area contributed by atoms with E-state index in [2.05, 4.69) is 35.8 Å². The number of fused-ring (bicyclic) bond motifs is 3. The Kier molecular flexibility index (Phi) is 1.67. The van der Waals surface area contributed by atoms with E-state index < -0.39 is 0 Å². The Morgan fingerprint density at radius 3 is 3.00 bits per heavy atom. The van der Waals surface area contributed by atoms with Crippen LogP contribution in [0.15, 0.2) is 36.4 Å². The number of nitrogens with one attached hydrogen (secondary N) is 1. The first-order chi connectivity index (χ1) is 6.95. The van der Waals surface area contributed by atoms with E-state index in [9.17, 15) is 0 Å². The smallest absolute Gasteiger partial charge is 0.151 e. The Labute approximate surface area is 82.5 Å². The van der Waals surface area contributed by atoms with Crippen LogP contribution in [0.5, 0.6) is 5.75 Å². The van der Waals surface area contributed by atoms with E-state index in [1.54, 1.807) is 0 Å². The van der Waals surface area contributed by atoms with Crippen LogP contribution < -0.4 is 10.3 Å². The monoisotopic (exact) mass is 185 g/mol. The van der Waals surface area contributed by atoms with Crippen molar-refractivity contribution in [1.82, 2.24) is 5.48 Å². The average molecular weight is 185 g/mol. The summed E-state index contributed by atoms with van der Waals surface area (Å²) in [6, 6.07) is 12.6. The van der Waals surface area contributed by atoms with Crippen molar-refractivity contribution >= 4 is 10.8 Å². The second kappa shape index (κ2) is 3.00. The minimum absolute atomic E-state index is 0.890. The van der Waals surface area contributed by atoms with Crippen molar-refractivity contribution in [2.24, 2.45) is 0 Å². The van der Waals surface area contributed by atoms with Gasteiger partial charge in [0, 0.05) is 12.1 Å². The largest absolute Gasteiger partial charge is 0.408 e. The molecule has 0 saturated carbocycles. The number of rotatable bonds is 0. The minimum atomic E-state index is 0.890. The lowest BCUT2D eigenvalue weighted by Gasteiger charge is -2.18. The summed E-state index contributed by atoms with van der Waals surface area (Å²) < 4.78 is 0. The lowest BCUT2D eigenvalue weighted by Crippen LogP contribution is -2.26. The summed E-state index contributed by atoms with van der Waals surface area (Å²) in [7, 11) is 0. The number of hydroxylamine groups is 1. The molecule has 0 aliphatic carbocycles. The second-order valence-electron chi connectivity index (χ2n) is 3.51. The van der Waals surface area contributed by atoms with Crippen molar-refractivity contribution in [2.45, 2.75) is 6.42 Å². The van der Waals surface area contributed by atoms with Gasteiger partial charge in [0.2, 0.25) is 0 Å². The highest BCUT2D eigenvalue weighted by Gasteiger charge is 2.12. The molecule has 0 bridgehead atoms. The van der Waals surface area contributed by atoms with E-state index in [4.69, 9.17) is 4.84 Å².